The number of hydrogen-bond acceptors (Lipinski definition) is 4. The van der Waals surface area contributed by atoms with Crippen LogP contribution in [-0.2, 0) is 11.4 Å². The molecule has 27 heavy (non-hydrogen) atoms. The molecule has 0 aliphatic heterocycles. The minimum Gasteiger partial charge on any atom is -0.485 e. The van der Waals surface area contributed by atoms with E-state index in [1.807, 2.05) is 13.1 Å². The van der Waals surface area contributed by atoms with E-state index in [0.29, 0.717) is 22.9 Å². The topological polar surface area (TPSA) is 81.7 Å². The lowest BCUT2D eigenvalue weighted by Crippen LogP contribution is -2.33. The molecule has 0 unspecified atom stereocenters. The Balaban J connectivity index is 1.98. The van der Waals surface area contributed by atoms with Gasteiger partial charge in [0.2, 0.25) is 5.91 Å². The molecule has 142 valence electrons. The lowest BCUT2D eigenvalue weighted by atomic mass is 10.2. The highest BCUT2D eigenvalue weighted by Gasteiger charge is 2.18. The standard InChI is InChI=1S/C19H20F2N4O2/c1-10-7-16(27-9-13-14(20)5-4-6-15(13)21)19-24-12(3)18(25(19)8-10)23-11(2)17(22)26/h4-8,11,23H,9H2,1-3H3,(H2,22,26)/t11-/m0/s1. The summed E-state index contributed by atoms with van der Waals surface area (Å²) in [4.78, 5) is 15.8. The molecule has 6 nitrogen and oxygen atoms in total. The van der Waals surface area contributed by atoms with Crippen molar-refractivity contribution in [1.82, 2.24) is 9.38 Å². The molecule has 0 saturated carbocycles. The maximum atomic E-state index is 13.8. The van der Waals surface area contributed by atoms with Gasteiger partial charge in [-0.15, -0.1) is 0 Å². The fourth-order valence-corrected chi connectivity index (χ4v) is 2.73. The largest absolute Gasteiger partial charge is 0.485 e. The van der Waals surface area contributed by atoms with Crippen LogP contribution in [0.1, 0.15) is 23.7 Å². The minimum atomic E-state index is -0.671. The number of primary amides is 1. The highest BCUT2D eigenvalue weighted by molar-refractivity contribution is 5.82. The molecule has 0 bridgehead atoms. The van der Waals surface area contributed by atoms with Gasteiger partial charge in [-0.3, -0.25) is 9.20 Å². The van der Waals surface area contributed by atoms with Gasteiger partial charge in [0.05, 0.1) is 11.3 Å². The lowest BCUT2D eigenvalue weighted by molar-refractivity contribution is -0.118. The number of nitrogens with zero attached hydrogens (tertiary/aromatic N) is 2. The number of imidazole rings is 1. The zero-order valence-corrected chi connectivity index (χ0v) is 15.2. The highest BCUT2D eigenvalue weighted by Crippen LogP contribution is 2.28. The zero-order valence-electron chi connectivity index (χ0n) is 15.2. The zero-order chi connectivity index (χ0) is 19.7. The van der Waals surface area contributed by atoms with Crippen molar-refractivity contribution in [3.63, 3.8) is 0 Å². The van der Waals surface area contributed by atoms with Crippen LogP contribution in [0.4, 0.5) is 14.6 Å². The highest BCUT2D eigenvalue weighted by atomic mass is 19.1. The second-order valence-corrected chi connectivity index (χ2v) is 6.38. The SMILES string of the molecule is Cc1cc(OCc2c(F)cccc2F)c2nc(C)c(N[C@@H](C)C(N)=O)n2c1. The Morgan fingerprint density at radius 2 is 2.00 bits per heavy atom. The fourth-order valence-electron chi connectivity index (χ4n) is 2.73. The summed E-state index contributed by atoms with van der Waals surface area (Å²) < 4.78 is 35.1. The van der Waals surface area contributed by atoms with Gasteiger partial charge >= 0.3 is 0 Å². The Bertz CT molecular complexity index is 996. The van der Waals surface area contributed by atoms with E-state index in [9.17, 15) is 13.6 Å². The Kier molecular flexibility index (Phi) is 4.98. The van der Waals surface area contributed by atoms with Crippen molar-refractivity contribution >= 4 is 17.4 Å². The number of benzene rings is 1. The predicted octanol–water partition coefficient (Wildman–Crippen LogP) is 3.09. The third-order valence-electron chi connectivity index (χ3n) is 4.21. The van der Waals surface area contributed by atoms with Crippen molar-refractivity contribution in [2.24, 2.45) is 5.73 Å². The van der Waals surface area contributed by atoms with E-state index in [-0.39, 0.29) is 12.2 Å². The number of halogens is 2. The predicted molar refractivity (Wildman–Crippen MR) is 97.6 cm³/mol. The van der Waals surface area contributed by atoms with E-state index in [1.165, 1.54) is 18.2 Å². The Labute approximate surface area is 155 Å². The number of fused-ring (bicyclic) bond motifs is 1. The van der Waals surface area contributed by atoms with Gasteiger partial charge in [-0.2, -0.15) is 0 Å². The van der Waals surface area contributed by atoms with Gasteiger partial charge in [0, 0.05) is 6.20 Å². The molecular formula is C19H20F2N4O2. The summed E-state index contributed by atoms with van der Waals surface area (Å²) in [6.07, 6.45) is 1.82. The van der Waals surface area contributed by atoms with Crippen LogP contribution in [0, 0.1) is 25.5 Å². The van der Waals surface area contributed by atoms with E-state index >= 15 is 0 Å². The number of carbonyl (C=O) groups is 1. The average molecular weight is 374 g/mol. The summed E-state index contributed by atoms with van der Waals surface area (Å²) in [5.74, 6) is -0.863. The molecule has 0 saturated heterocycles. The van der Waals surface area contributed by atoms with Crippen LogP contribution in [0.25, 0.3) is 5.65 Å². The van der Waals surface area contributed by atoms with Gasteiger partial charge < -0.3 is 15.8 Å². The summed E-state index contributed by atoms with van der Waals surface area (Å²) in [5, 5.41) is 3.03. The normalized spacial score (nSPS) is 12.2. The summed E-state index contributed by atoms with van der Waals surface area (Å²) in [5.41, 5.74) is 7.12. The average Bonchev–Trinajstić information content (AvgIpc) is 2.90. The molecular weight excluding hydrogens is 354 g/mol. The Morgan fingerprint density at radius 1 is 1.33 bits per heavy atom. The van der Waals surface area contributed by atoms with Gasteiger partial charge in [-0.1, -0.05) is 6.07 Å². The first kappa shape index (κ1) is 18.6. The molecule has 0 aliphatic carbocycles. The lowest BCUT2D eigenvalue weighted by Gasteiger charge is -2.14. The molecule has 3 N–H and O–H groups in total. The van der Waals surface area contributed by atoms with E-state index < -0.39 is 23.6 Å². The molecule has 1 amide bonds. The van der Waals surface area contributed by atoms with E-state index in [1.54, 1.807) is 24.3 Å². The van der Waals surface area contributed by atoms with Gasteiger partial charge in [0.15, 0.2) is 11.4 Å². The molecule has 3 rings (SSSR count). The molecule has 8 heteroatoms. The molecule has 1 atom stereocenters. The van der Waals surface area contributed by atoms with Gasteiger partial charge in [0.25, 0.3) is 0 Å². The molecule has 3 aromatic rings. The second kappa shape index (κ2) is 7.22. The molecule has 0 fully saturated rings. The summed E-state index contributed by atoms with van der Waals surface area (Å²) in [6.45, 7) is 5.00. The Hall–Kier alpha value is -3.16. The summed E-state index contributed by atoms with van der Waals surface area (Å²) >= 11 is 0. The van der Waals surface area contributed by atoms with Crippen molar-refractivity contribution in [1.29, 1.82) is 0 Å². The van der Waals surface area contributed by atoms with Crippen molar-refractivity contribution in [2.45, 2.75) is 33.4 Å². The number of ether oxygens (including phenoxy) is 1. The summed E-state index contributed by atoms with van der Waals surface area (Å²) in [6, 6.07) is 4.80. The van der Waals surface area contributed by atoms with Crippen LogP contribution in [0.15, 0.2) is 30.5 Å². The van der Waals surface area contributed by atoms with Crippen LogP contribution < -0.4 is 15.8 Å². The number of aryl methyl sites for hydroxylation is 2. The summed E-state index contributed by atoms with van der Waals surface area (Å²) in [7, 11) is 0. The van der Waals surface area contributed by atoms with Crippen LogP contribution in [0.3, 0.4) is 0 Å². The maximum absolute atomic E-state index is 13.8. The quantitative estimate of drug-likeness (QED) is 0.695. The third kappa shape index (κ3) is 3.69. The first-order valence-electron chi connectivity index (χ1n) is 8.38. The van der Waals surface area contributed by atoms with E-state index in [0.717, 1.165) is 5.56 Å². The fraction of sp³-hybridized carbons (Fsp3) is 0.263. The number of aromatic nitrogens is 2. The second-order valence-electron chi connectivity index (χ2n) is 6.38. The number of nitrogens with two attached hydrogens (primary N) is 1. The molecule has 0 aliphatic rings. The number of pyridine rings is 1. The number of rotatable bonds is 6. The first-order chi connectivity index (χ1) is 12.8. The van der Waals surface area contributed by atoms with Crippen LogP contribution in [0.2, 0.25) is 0 Å². The molecule has 2 heterocycles. The van der Waals surface area contributed by atoms with Crippen LogP contribution in [-0.4, -0.2) is 21.3 Å². The number of amides is 1. The van der Waals surface area contributed by atoms with Crippen molar-refractivity contribution in [3.05, 3.63) is 58.9 Å². The maximum Gasteiger partial charge on any atom is 0.239 e. The van der Waals surface area contributed by atoms with E-state index in [2.05, 4.69) is 10.3 Å². The number of anilines is 1. The van der Waals surface area contributed by atoms with Crippen molar-refractivity contribution in [3.8, 4) is 5.75 Å². The molecule has 0 spiro atoms. The number of hydrogen-bond donors (Lipinski definition) is 2. The number of nitrogens with one attached hydrogen (secondary N) is 1. The molecule has 2 aromatic heterocycles. The third-order valence-corrected chi connectivity index (χ3v) is 4.21. The van der Waals surface area contributed by atoms with Gasteiger partial charge in [-0.25, -0.2) is 13.8 Å². The molecule has 1 aromatic carbocycles. The smallest absolute Gasteiger partial charge is 0.239 e. The van der Waals surface area contributed by atoms with Crippen LogP contribution in [0.5, 0.6) is 5.75 Å². The van der Waals surface area contributed by atoms with Gasteiger partial charge in [0.1, 0.15) is 30.1 Å². The van der Waals surface area contributed by atoms with E-state index in [4.69, 9.17) is 10.5 Å². The molecule has 0 radical (unpaired) electrons. The minimum absolute atomic E-state index is 0.152. The van der Waals surface area contributed by atoms with Crippen molar-refractivity contribution < 1.29 is 18.3 Å². The monoisotopic (exact) mass is 374 g/mol. The Morgan fingerprint density at radius 3 is 2.63 bits per heavy atom. The van der Waals surface area contributed by atoms with Gasteiger partial charge in [-0.05, 0) is 44.5 Å². The number of carbonyl (C=O) groups excluding carboxylic acids is 1. The van der Waals surface area contributed by atoms with Crippen molar-refractivity contribution in [2.75, 3.05) is 5.32 Å². The van der Waals surface area contributed by atoms with Crippen LogP contribution >= 0.6 is 0 Å². The first-order valence-corrected chi connectivity index (χ1v) is 8.38.